The molecule has 108 valence electrons. The molecule has 0 saturated heterocycles. The molecule has 0 bridgehead atoms. The molecule has 0 amide bonds. The maximum absolute atomic E-state index is 3.96. The fraction of sp³-hybridized carbons (Fsp3) is 0.789. The summed E-state index contributed by atoms with van der Waals surface area (Å²) < 4.78 is 0. The van der Waals surface area contributed by atoms with E-state index >= 15 is 0 Å². The average molecular weight is 260 g/mol. The Hall–Kier alpha value is -0.520. The minimum atomic E-state index is 0.528. The molecule has 0 aliphatic heterocycles. The van der Waals surface area contributed by atoms with E-state index in [1.54, 1.807) is 0 Å². The van der Waals surface area contributed by atoms with Crippen molar-refractivity contribution in [2.45, 2.75) is 65.2 Å². The predicted molar refractivity (Wildman–Crippen MR) is 85.1 cm³/mol. The Balaban J connectivity index is 2.01. The molecule has 0 radical (unpaired) electrons. The summed E-state index contributed by atoms with van der Waals surface area (Å²) in [6.45, 7) is 13.0. The van der Waals surface area contributed by atoms with Gasteiger partial charge in [0.15, 0.2) is 0 Å². The molecule has 2 aliphatic rings. The Morgan fingerprint density at radius 2 is 1.74 bits per heavy atom. The normalized spacial score (nSPS) is 35.5. The van der Waals surface area contributed by atoms with Crippen LogP contribution >= 0.6 is 0 Å². The van der Waals surface area contributed by atoms with Crippen molar-refractivity contribution in [3.8, 4) is 0 Å². The fourth-order valence-corrected chi connectivity index (χ4v) is 5.02. The summed E-state index contributed by atoms with van der Waals surface area (Å²) >= 11 is 0. The van der Waals surface area contributed by atoms with Crippen molar-refractivity contribution in [2.75, 3.05) is 0 Å². The van der Waals surface area contributed by atoms with Crippen LogP contribution in [0.5, 0.6) is 0 Å². The molecule has 0 aromatic carbocycles. The molecule has 0 aromatic rings. The second-order valence-electron chi connectivity index (χ2n) is 7.54. The van der Waals surface area contributed by atoms with E-state index in [1.807, 2.05) is 0 Å². The molecule has 0 nitrogen and oxygen atoms in total. The van der Waals surface area contributed by atoms with E-state index in [0.29, 0.717) is 5.41 Å². The Kier molecular flexibility index (Phi) is 4.92. The van der Waals surface area contributed by atoms with E-state index in [-0.39, 0.29) is 0 Å². The van der Waals surface area contributed by atoms with Gasteiger partial charge in [0.25, 0.3) is 0 Å². The summed E-state index contributed by atoms with van der Waals surface area (Å²) in [7, 11) is 0. The first-order valence-corrected chi connectivity index (χ1v) is 8.31. The molecule has 0 heteroatoms. The SMILES string of the molecule is C=CCC1CCC(C(C)(C)C2CCCC2CC=C)C1. The third kappa shape index (κ3) is 3.15. The lowest BCUT2D eigenvalue weighted by atomic mass is 9.64. The lowest BCUT2D eigenvalue weighted by Crippen LogP contribution is -2.33. The van der Waals surface area contributed by atoms with Crippen LogP contribution in [0.3, 0.4) is 0 Å². The van der Waals surface area contributed by atoms with Crippen molar-refractivity contribution in [2.24, 2.45) is 29.1 Å². The van der Waals surface area contributed by atoms with Crippen molar-refractivity contribution in [3.63, 3.8) is 0 Å². The highest BCUT2D eigenvalue weighted by molar-refractivity contribution is 4.97. The topological polar surface area (TPSA) is 0 Å². The minimum Gasteiger partial charge on any atom is -0.103 e. The molecule has 0 aromatic heterocycles. The zero-order valence-corrected chi connectivity index (χ0v) is 13.0. The summed E-state index contributed by atoms with van der Waals surface area (Å²) in [5.74, 6) is 3.69. The molecule has 4 unspecified atom stereocenters. The first-order valence-electron chi connectivity index (χ1n) is 8.31. The standard InChI is InChI=1S/C19H32/c1-5-8-15-12-13-17(14-15)19(3,4)18-11-7-10-16(18)9-6-2/h5-6,15-18H,1-2,7-14H2,3-4H3. The van der Waals surface area contributed by atoms with Crippen LogP contribution in [0.2, 0.25) is 0 Å². The van der Waals surface area contributed by atoms with Crippen molar-refractivity contribution < 1.29 is 0 Å². The van der Waals surface area contributed by atoms with Gasteiger partial charge in [0.1, 0.15) is 0 Å². The van der Waals surface area contributed by atoms with Gasteiger partial charge in [-0.25, -0.2) is 0 Å². The van der Waals surface area contributed by atoms with Crippen molar-refractivity contribution in [1.82, 2.24) is 0 Å². The first kappa shape index (κ1) is 14.9. The van der Waals surface area contributed by atoms with Crippen LogP contribution in [0, 0.1) is 29.1 Å². The highest BCUT2D eigenvalue weighted by atomic mass is 14.5. The second kappa shape index (κ2) is 6.29. The quantitative estimate of drug-likeness (QED) is 0.514. The van der Waals surface area contributed by atoms with Crippen LogP contribution < -0.4 is 0 Å². The maximum atomic E-state index is 3.96. The van der Waals surface area contributed by atoms with Gasteiger partial charge in [0.05, 0.1) is 0 Å². The van der Waals surface area contributed by atoms with Crippen LogP contribution in [-0.4, -0.2) is 0 Å². The maximum Gasteiger partial charge on any atom is -0.0295 e. The summed E-state index contributed by atoms with van der Waals surface area (Å²) in [6.07, 6.45) is 15.4. The fourth-order valence-electron chi connectivity index (χ4n) is 5.02. The second-order valence-corrected chi connectivity index (χ2v) is 7.54. The molecular formula is C19H32. The largest absolute Gasteiger partial charge is 0.103 e. The third-order valence-corrected chi connectivity index (χ3v) is 6.18. The van der Waals surface area contributed by atoms with Gasteiger partial charge >= 0.3 is 0 Å². The van der Waals surface area contributed by atoms with E-state index in [1.165, 1.54) is 51.4 Å². The Bertz CT molecular complexity index is 312. The van der Waals surface area contributed by atoms with Crippen LogP contribution in [0.25, 0.3) is 0 Å². The monoisotopic (exact) mass is 260 g/mol. The summed E-state index contributed by atoms with van der Waals surface area (Å²) in [5.41, 5.74) is 0.528. The smallest absolute Gasteiger partial charge is 0.0295 e. The Labute approximate surface area is 120 Å². The molecule has 2 aliphatic carbocycles. The van der Waals surface area contributed by atoms with E-state index < -0.39 is 0 Å². The lowest BCUT2D eigenvalue weighted by molar-refractivity contribution is 0.0848. The molecule has 4 atom stereocenters. The zero-order valence-electron chi connectivity index (χ0n) is 13.0. The van der Waals surface area contributed by atoms with E-state index in [4.69, 9.17) is 0 Å². The lowest BCUT2D eigenvalue weighted by Gasteiger charge is -2.41. The number of hydrogen-bond donors (Lipinski definition) is 0. The Morgan fingerprint density at radius 1 is 1.00 bits per heavy atom. The average Bonchev–Trinajstić information content (AvgIpc) is 2.99. The van der Waals surface area contributed by atoms with Crippen LogP contribution in [-0.2, 0) is 0 Å². The van der Waals surface area contributed by atoms with Gasteiger partial charge in [-0.3, -0.25) is 0 Å². The van der Waals surface area contributed by atoms with Gasteiger partial charge in [0.2, 0.25) is 0 Å². The van der Waals surface area contributed by atoms with Gasteiger partial charge in [-0.05, 0) is 74.0 Å². The molecule has 2 rings (SSSR count). The number of allylic oxidation sites excluding steroid dienone is 2. The molecule has 0 spiro atoms. The van der Waals surface area contributed by atoms with Crippen molar-refractivity contribution >= 4 is 0 Å². The molecule has 19 heavy (non-hydrogen) atoms. The van der Waals surface area contributed by atoms with Crippen LogP contribution in [0.15, 0.2) is 25.3 Å². The number of rotatable bonds is 6. The van der Waals surface area contributed by atoms with E-state index in [9.17, 15) is 0 Å². The molecule has 2 saturated carbocycles. The summed E-state index contributed by atoms with van der Waals surface area (Å²) in [6, 6.07) is 0. The van der Waals surface area contributed by atoms with Crippen molar-refractivity contribution in [3.05, 3.63) is 25.3 Å². The summed E-state index contributed by atoms with van der Waals surface area (Å²) in [5, 5.41) is 0. The van der Waals surface area contributed by atoms with Gasteiger partial charge < -0.3 is 0 Å². The van der Waals surface area contributed by atoms with Gasteiger partial charge in [-0.1, -0.05) is 32.4 Å². The molecule has 2 fully saturated rings. The first-order chi connectivity index (χ1) is 9.09. The highest BCUT2D eigenvalue weighted by Gasteiger charge is 2.44. The predicted octanol–water partition coefficient (Wildman–Crippen LogP) is 6.00. The van der Waals surface area contributed by atoms with E-state index in [2.05, 4.69) is 39.2 Å². The van der Waals surface area contributed by atoms with Crippen LogP contribution in [0.1, 0.15) is 65.2 Å². The Morgan fingerprint density at radius 3 is 2.42 bits per heavy atom. The van der Waals surface area contributed by atoms with Crippen molar-refractivity contribution in [1.29, 1.82) is 0 Å². The third-order valence-electron chi connectivity index (χ3n) is 6.18. The number of hydrogen-bond acceptors (Lipinski definition) is 0. The van der Waals surface area contributed by atoms with Gasteiger partial charge in [0, 0.05) is 0 Å². The molecule has 0 N–H and O–H groups in total. The minimum absolute atomic E-state index is 0.528. The summed E-state index contributed by atoms with van der Waals surface area (Å²) in [4.78, 5) is 0. The van der Waals surface area contributed by atoms with Crippen LogP contribution in [0.4, 0.5) is 0 Å². The molecule has 0 heterocycles. The zero-order chi connectivity index (χ0) is 13.9. The highest BCUT2D eigenvalue weighted by Crippen LogP contribution is 2.54. The van der Waals surface area contributed by atoms with Gasteiger partial charge in [-0.15, -0.1) is 13.2 Å². The van der Waals surface area contributed by atoms with E-state index in [0.717, 1.165) is 23.7 Å². The van der Waals surface area contributed by atoms with Gasteiger partial charge in [-0.2, -0.15) is 0 Å². The molecular weight excluding hydrogens is 228 g/mol.